The number of pyridine rings is 1. The van der Waals surface area contributed by atoms with Crippen LogP contribution >= 0.6 is 11.3 Å². The van der Waals surface area contributed by atoms with Gasteiger partial charge >= 0.3 is 0 Å². The highest BCUT2D eigenvalue weighted by Crippen LogP contribution is 2.38. The van der Waals surface area contributed by atoms with E-state index in [0.29, 0.717) is 48.5 Å². The molecule has 0 spiro atoms. The lowest BCUT2D eigenvalue weighted by Crippen LogP contribution is -2.36. The van der Waals surface area contributed by atoms with Crippen molar-refractivity contribution in [1.82, 2.24) is 19.7 Å². The molecule has 0 aliphatic carbocycles. The Balaban J connectivity index is 1.59. The topological polar surface area (TPSA) is 104 Å². The molecule has 0 aromatic carbocycles. The number of amides is 1. The molecule has 29 heavy (non-hydrogen) atoms. The molecule has 3 aromatic heterocycles. The molecule has 4 rings (SSSR count). The van der Waals surface area contributed by atoms with Crippen molar-refractivity contribution < 1.29 is 19.0 Å². The van der Waals surface area contributed by atoms with Gasteiger partial charge in [0.25, 0.3) is 5.91 Å². The van der Waals surface area contributed by atoms with Crippen molar-refractivity contribution in [3.63, 3.8) is 0 Å². The summed E-state index contributed by atoms with van der Waals surface area (Å²) in [5, 5.41) is 7.51. The number of hydrogen-bond donors (Lipinski definition) is 1. The minimum Gasteiger partial charge on any atom is -0.479 e. The molecule has 154 valence electrons. The minimum atomic E-state index is -0.271. The molecule has 0 radical (unpaired) electrons. The Morgan fingerprint density at radius 1 is 1.31 bits per heavy atom. The van der Waals surface area contributed by atoms with E-state index in [0.717, 1.165) is 23.5 Å². The van der Waals surface area contributed by atoms with Gasteiger partial charge in [0.1, 0.15) is 5.52 Å². The zero-order valence-corrected chi connectivity index (χ0v) is 17.1. The first-order chi connectivity index (χ1) is 14.2. The SMILES string of the molecule is COCCn1cc(C(=O)Nc2nc3c(OC)ncc(N4CCOCC4)c3s2)cn1. The Morgan fingerprint density at radius 2 is 2.14 bits per heavy atom. The van der Waals surface area contributed by atoms with Crippen LogP contribution in [-0.2, 0) is 16.0 Å². The molecule has 3 aromatic rings. The second-order valence-electron chi connectivity index (χ2n) is 6.39. The summed E-state index contributed by atoms with van der Waals surface area (Å²) in [5.74, 6) is 0.161. The third kappa shape index (κ3) is 4.16. The van der Waals surface area contributed by atoms with E-state index in [1.54, 1.807) is 31.3 Å². The van der Waals surface area contributed by atoms with Crippen LogP contribution in [0.15, 0.2) is 18.6 Å². The van der Waals surface area contributed by atoms with Crippen LogP contribution in [0.2, 0.25) is 0 Å². The lowest BCUT2D eigenvalue weighted by Gasteiger charge is -2.28. The quantitative estimate of drug-likeness (QED) is 0.618. The molecule has 1 fully saturated rings. The van der Waals surface area contributed by atoms with E-state index >= 15 is 0 Å². The summed E-state index contributed by atoms with van der Waals surface area (Å²) in [6.45, 7) is 4.01. The smallest absolute Gasteiger partial charge is 0.260 e. The molecule has 1 amide bonds. The predicted octanol–water partition coefficient (Wildman–Crippen LogP) is 1.63. The van der Waals surface area contributed by atoms with Gasteiger partial charge in [0.2, 0.25) is 5.88 Å². The summed E-state index contributed by atoms with van der Waals surface area (Å²) in [5.41, 5.74) is 2.06. The summed E-state index contributed by atoms with van der Waals surface area (Å²) in [6.07, 6.45) is 5.00. The number of methoxy groups -OCH3 is 2. The Bertz CT molecular complexity index is 998. The number of nitrogens with zero attached hydrogens (tertiary/aromatic N) is 5. The van der Waals surface area contributed by atoms with Crippen LogP contribution < -0.4 is 15.0 Å². The number of ether oxygens (including phenoxy) is 3. The number of carbonyl (C=O) groups excluding carboxylic acids is 1. The summed E-state index contributed by atoms with van der Waals surface area (Å²) < 4.78 is 18.4. The lowest BCUT2D eigenvalue weighted by atomic mass is 10.3. The van der Waals surface area contributed by atoms with E-state index in [2.05, 4.69) is 25.3 Å². The molecular weight excluding hydrogens is 396 g/mol. The van der Waals surface area contributed by atoms with Crippen LogP contribution in [-0.4, -0.2) is 72.8 Å². The number of thiazole rings is 1. The number of nitrogens with one attached hydrogen (secondary N) is 1. The lowest BCUT2D eigenvalue weighted by molar-refractivity contribution is 0.102. The van der Waals surface area contributed by atoms with Crippen molar-refractivity contribution in [2.45, 2.75) is 6.54 Å². The predicted molar refractivity (Wildman–Crippen MR) is 109 cm³/mol. The van der Waals surface area contributed by atoms with Gasteiger partial charge in [-0.3, -0.25) is 14.8 Å². The molecule has 1 aliphatic heterocycles. The zero-order chi connectivity index (χ0) is 20.2. The second kappa shape index (κ2) is 8.72. The first-order valence-electron chi connectivity index (χ1n) is 9.18. The number of aromatic nitrogens is 4. The average molecular weight is 418 g/mol. The first kappa shape index (κ1) is 19.6. The van der Waals surface area contributed by atoms with Crippen molar-refractivity contribution in [3.05, 3.63) is 24.2 Å². The Hall–Kier alpha value is -2.76. The summed E-state index contributed by atoms with van der Waals surface area (Å²) in [6, 6.07) is 0. The maximum Gasteiger partial charge on any atom is 0.260 e. The molecule has 10 nitrogen and oxygen atoms in total. The number of fused-ring (bicyclic) bond motifs is 1. The molecule has 11 heteroatoms. The maximum atomic E-state index is 12.6. The van der Waals surface area contributed by atoms with E-state index in [-0.39, 0.29) is 5.91 Å². The Labute approximate surface area is 171 Å². The van der Waals surface area contributed by atoms with Gasteiger partial charge in [0, 0.05) is 26.4 Å². The highest BCUT2D eigenvalue weighted by molar-refractivity contribution is 7.23. The van der Waals surface area contributed by atoms with Crippen LogP contribution in [0, 0.1) is 0 Å². The van der Waals surface area contributed by atoms with Crippen LogP contribution in [0.25, 0.3) is 10.2 Å². The van der Waals surface area contributed by atoms with Gasteiger partial charge in [-0.2, -0.15) is 5.10 Å². The van der Waals surface area contributed by atoms with Crippen LogP contribution in [0.3, 0.4) is 0 Å². The number of anilines is 2. The standard InChI is InChI=1S/C18H22N6O4S/c1-26-6-5-24-11-12(9-20-24)16(25)22-18-21-14-15(29-18)13(10-19-17(14)27-2)23-3-7-28-8-4-23/h9-11H,3-8H2,1-2H3,(H,21,22,25). The molecule has 1 aliphatic rings. The van der Waals surface area contributed by atoms with Crippen LogP contribution in [0.1, 0.15) is 10.4 Å². The summed E-state index contributed by atoms with van der Waals surface area (Å²) in [7, 11) is 3.18. The molecule has 0 bridgehead atoms. The van der Waals surface area contributed by atoms with Gasteiger partial charge < -0.3 is 19.1 Å². The van der Waals surface area contributed by atoms with Crippen molar-refractivity contribution in [2.24, 2.45) is 0 Å². The van der Waals surface area contributed by atoms with Crippen LogP contribution in [0.4, 0.5) is 10.8 Å². The second-order valence-corrected chi connectivity index (χ2v) is 7.39. The van der Waals surface area contributed by atoms with Gasteiger partial charge in [0.15, 0.2) is 5.13 Å². The van der Waals surface area contributed by atoms with Crippen molar-refractivity contribution >= 4 is 38.3 Å². The molecule has 4 heterocycles. The molecule has 1 saturated heterocycles. The maximum absolute atomic E-state index is 12.6. The van der Waals surface area contributed by atoms with Crippen molar-refractivity contribution in [3.8, 4) is 5.88 Å². The fourth-order valence-corrected chi connectivity index (χ4v) is 4.06. The fourth-order valence-electron chi connectivity index (χ4n) is 3.07. The molecule has 0 saturated carbocycles. The highest BCUT2D eigenvalue weighted by atomic mass is 32.1. The fraction of sp³-hybridized carbons (Fsp3) is 0.444. The highest BCUT2D eigenvalue weighted by Gasteiger charge is 2.21. The summed E-state index contributed by atoms with van der Waals surface area (Å²) >= 11 is 1.40. The van der Waals surface area contributed by atoms with E-state index < -0.39 is 0 Å². The number of morpholine rings is 1. The molecule has 1 N–H and O–H groups in total. The molecular formula is C18H22N6O4S. The molecule has 0 unspecified atom stereocenters. The Kier molecular flexibility index (Phi) is 5.88. The van der Waals surface area contributed by atoms with E-state index in [4.69, 9.17) is 14.2 Å². The van der Waals surface area contributed by atoms with E-state index in [1.165, 1.54) is 17.5 Å². The summed E-state index contributed by atoms with van der Waals surface area (Å²) in [4.78, 5) is 23.8. The van der Waals surface area contributed by atoms with Crippen molar-refractivity contribution in [1.29, 1.82) is 0 Å². The third-order valence-electron chi connectivity index (χ3n) is 4.55. The average Bonchev–Trinajstić information content (AvgIpc) is 3.39. The van der Waals surface area contributed by atoms with Gasteiger partial charge in [-0.25, -0.2) is 9.97 Å². The van der Waals surface area contributed by atoms with Crippen LogP contribution in [0.5, 0.6) is 5.88 Å². The number of hydrogen-bond acceptors (Lipinski definition) is 9. The number of rotatable bonds is 7. The van der Waals surface area contributed by atoms with Gasteiger partial charge in [0.05, 0.1) is 61.8 Å². The first-order valence-corrected chi connectivity index (χ1v) is 10.00. The van der Waals surface area contributed by atoms with Gasteiger partial charge in [-0.1, -0.05) is 11.3 Å². The minimum absolute atomic E-state index is 0.271. The van der Waals surface area contributed by atoms with E-state index in [9.17, 15) is 4.79 Å². The van der Waals surface area contributed by atoms with Crippen molar-refractivity contribution in [2.75, 3.05) is 57.3 Å². The third-order valence-corrected chi connectivity index (χ3v) is 5.55. The zero-order valence-electron chi connectivity index (χ0n) is 16.3. The molecule has 0 atom stereocenters. The van der Waals surface area contributed by atoms with E-state index in [1.807, 2.05) is 0 Å². The van der Waals surface area contributed by atoms with Gasteiger partial charge in [-0.05, 0) is 0 Å². The number of carbonyl (C=O) groups is 1. The largest absolute Gasteiger partial charge is 0.479 e. The van der Waals surface area contributed by atoms with Gasteiger partial charge in [-0.15, -0.1) is 0 Å². The monoisotopic (exact) mass is 418 g/mol. The Morgan fingerprint density at radius 3 is 2.90 bits per heavy atom. The normalized spacial score (nSPS) is 14.3.